The zero-order valence-electron chi connectivity index (χ0n) is 17.4. The first-order chi connectivity index (χ1) is 15.1. The van der Waals surface area contributed by atoms with E-state index < -0.39 is 0 Å². The van der Waals surface area contributed by atoms with Crippen LogP contribution in [0.5, 0.6) is 0 Å². The van der Waals surface area contributed by atoms with E-state index >= 15 is 0 Å². The molecular weight excluding hydrogens is 416 g/mol. The molecule has 0 radical (unpaired) electrons. The summed E-state index contributed by atoms with van der Waals surface area (Å²) in [5.74, 6) is 1.29. The van der Waals surface area contributed by atoms with Gasteiger partial charge in [-0.3, -0.25) is 9.59 Å². The van der Waals surface area contributed by atoms with Crippen LogP contribution in [0.25, 0.3) is 11.3 Å². The minimum Gasteiger partial charge on any atom is -0.368 e. The third kappa shape index (κ3) is 5.51. The van der Waals surface area contributed by atoms with E-state index in [9.17, 15) is 9.59 Å². The van der Waals surface area contributed by atoms with Crippen molar-refractivity contribution in [1.82, 2.24) is 20.2 Å². The maximum atomic E-state index is 12.5. The molecule has 2 aromatic heterocycles. The largest absolute Gasteiger partial charge is 0.368 e. The summed E-state index contributed by atoms with van der Waals surface area (Å²) in [5.41, 5.74) is 1.39. The quantitative estimate of drug-likeness (QED) is 0.609. The van der Waals surface area contributed by atoms with Gasteiger partial charge in [0.2, 0.25) is 11.8 Å². The molecule has 2 aromatic rings. The fourth-order valence-corrected chi connectivity index (χ4v) is 4.15. The average Bonchev–Trinajstić information content (AvgIpc) is 3.20. The highest BCUT2D eigenvalue weighted by molar-refractivity contribution is 6.33. The summed E-state index contributed by atoms with van der Waals surface area (Å²) in [7, 11) is 0. The molecule has 0 aromatic carbocycles. The lowest BCUT2D eigenvalue weighted by Gasteiger charge is -2.21. The van der Waals surface area contributed by atoms with E-state index in [1.54, 1.807) is 6.07 Å². The molecule has 0 aliphatic carbocycles. The molecule has 0 unspecified atom stereocenters. The summed E-state index contributed by atoms with van der Waals surface area (Å²) in [4.78, 5) is 35.0. The van der Waals surface area contributed by atoms with Gasteiger partial charge in [0.25, 0.3) is 0 Å². The van der Waals surface area contributed by atoms with Gasteiger partial charge >= 0.3 is 0 Å². The van der Waals surface area contributed by atoms with E-state index in [0.29, 0.717) is 54.0 Å². The summed E-state index contributed by atoms with van der Waals surface area (Å²) < 4.78 is 0. The molecule has 1 atom stereocenters. The third-order valence-electron chi connectivity index (χ3n) is 5.66. The van der Waals surface area contributed by atoms with Crippen LogP contribution >= 0.6 is 11.6 Å². The van der Waals surface area contributed by atoms with Crippen molar-refractivity contribution in [1.29, 1.82) is 0 Å². The predicted molar refractivity (Wildman–Crippen MR) is 121 cm³/mol. The second-order valence-electron chi connectivity index (χ2n) is 7.90. The van der Waals surface area contributed by atoms with Crippen molar-refractivity contribution in [3.8, 4) is 11.3 Å². The minimum absolute atomic E-state index is 0.0344. The SMILES string of the molecule is O=C(Nc1cc(-c2cccc(NCCN3CCCC3=O)n2)c(Cl)cn1)[C@@H]1CCCNC1. The maximum absolute atomic E-state index is 12.5. The standard InChI is InChI=1S/C22H27ClN6O2/c23-17-14-26-20(28-22(31)15-4-2-8-24-13-15)12-16(17)18-5-1-6-19(27-18)25-9-11-29-10-3-7-21(29)30/h1,5-6,12,14-15,24H,2-4,7-11,13H2,(H,25,27)(H,26,28,31)/t15-/m1/s1. The molecule has 9 heteroatoms. The van der Waals surface area contributed by atoms with Gasteiger partial charge in [0, 0.05) is 44.4 Å². The molecular formula is C22H27ClN6O2. The van der Waals surface area contributed by atoms with Gasteiger partial charge in [-0.25, -0.2) is 9.97 Å². The van der Waals surface area contributed by atoms with Gasteiger partial charge in [0.15, 0.2) is 0 Å². The van der Waals surface area contributed by atoms with E-state index in [1.807, 2.05) is 23.1 Å². The number of hydrogen-bond donors (Lipinski definition) is 3. The molecule has 4 heterocycles. The highest BCUT2D eigenvalue weighted by Gasteiger charge is 2.22. The van der Waals surface area contributed by atoms with Gasteiger partial charge in [-0.15, -0.1) is 0 Å². The topological polar surface area (TPSA) is 99.3 Å². The zero-order chi connectivity index (χ0) is 21.6. The summed E-state index contributed by atoms with van der Waals surface area (Å²) in [6.45, 7) is 3.75. The number of carbonyl (C=O) groups excluding carboxylic acids is 2. The number of likely N-dealkylation sites (tertiary alicyclic amines) is 1. The number of aromatic nitrogens is 2. The molecule has 4 rings (SSSR count). The van der Waals surface area contributed by atoms with Crippen LogP contribution in [0.2, 0.25) is 5.02 Å². The first-order valence-corrected chi connectivity index (χ1v) is 11.1. The summed E-state index contributed by atoms with van der Waals surface area (Å²) in [6, 6.07) is 7.40. The van der Waals surface area contributed by atoms with E-state index in [-0.39, 0.29) is 17.7 Å². The van der Waals surface area contributed by atoms with Gasteiger partial charge in [0.05, 0.1) is 16.6 Å². The van der Waals surface area contributed by atoms with Crippen LogP contribution in [0.1, 0.15) is 25.7 Å². The van der Waals surface area contributed by atoms with Gasteiger partial charge in [-0.05, 0) is 44.0 Å². The average molecular weight is 443 g/mol. The first-order valence-electron chi connectivity index (χ1n) is 10.8. The number of nitrogens with one attached hydrogen (secondary N) is 3. The van der Waals surface area contributed by atoms with Crippen LogP contribution in [-0.2, 0) is 9.59 Å². The fraction of sp³-hybridized carbons (Fsp3) is 0.455. The molecule has 2 fully saturated rings. The van der Waals surface area contributed by atoms with E-state index in [1.165, 1.54) is 6.20 Å². The molecule has 8 nitrogen and oxygen atoms in total. The van der Waals surface area contributed by atoms with Crippen molar-refractivity contribution in [2.24, 2.45) is 5.92 Å². The van der Waals surface area contributed by atoms with Crippen LogP contribution in [0, 0.1) is 5.92 Å². The maximum Gasteiger partial charge on any atom is 0.229 e. The van der Waals surface area contributed by atoms with Crippen LogP contribution in [0.4, 0.5) is 11.6 Å². The molecule has 0 spiro atoms. The van der Waals surface area contributed by atoms with E-state index in [0.717, 1.165) is 32.4 Å². The number of carbonyl (C=O) groups is 2. The number of halogens is 1. The number of anilines is 2. The lowest BCUT2D eigenvalue weighted by molar-refractivity contribution is -0.127. The first kappa shape index (κ1) is 21.5. The van der Waals surface area contributed by atoms with Gasteiger partial charge < -0.3 is 20.9 Å². The van der Waals surface area contributed by atoms with E-state index in [4.69, 9.17) is 11.6 Å². The van der Waals surface area contributed by atoms with Gasteiger partial charge in [-0.2, -0.15) is 0 Å². The Morgan fingerprint density at radius 2 is 2.19 bits per heavy atom. The number of nitrogens with zero attached hydrogens (tertiary/aromatic N) is 3. The fourth-order valence-electron chi connectivity index (χ4n) is 3.95. The normalized spacial score (nSPS) is 18.8. The highest BCUT2D eigenvalue weighted by atomic mass is 35.5. The molecule has 2 amide bonds. The molecule has 2 aliphatic rings. The number of piperidine rings is 1. The van der Waals surface area contributed by atoms with Crippen molar-refractivity contribution in [3.05, 3.63) is 35.5 Å². The van der Waals surface area contributed by atoms with Crippen LogP contribution < -0.4 is 16.0 Å². The van der Waals surface area contributed by atoms with Crippen molar-refractivity contribution in [2.75, 3.05) is 43.4 Å². The second kappa shape index (κ2) is 10.1. The van der Waals surface area contributed by atoms with Gasteiger partial charge in [0.1, 0.15) is 11.6 Å². The zero-order valence-corrected chi connectivity index (χ0v) is 18.1. The molecule has 0 saturated carbocycles. The molecule has 3 N–H and O–H groups in total. The van der Waals surface area contributed by atoms with Gasteiger partial charge in [-0.1, -0.05) is 17.7 Å². The summed E-state index contributed by atoms with van der Waals surface area (Å²) >= 11 is 6.39. The van der Waals surface area contributed by atoms with Crippen molar-refractivity contribution in [2.45, 2.75) is 25.7 Å². The number of pyridine rings is 2. The van der Waals surface area contributed by atoms with Crippen molar-refractivity contribution < 1.29 is 9.59 Å². The Labute approximate surface area is 186 Å². The molecule has 2 aliphatic heterocycles. The number of amides is 2. The Morgan fingerprint density at radius 3 is 2.97 bits per heavy atom. The lowest BCUT2D eigenvalue weighted by atomic mass is 9.99. The Kier molecular flexibility index (Phi) is 6.99. The van der Waals surface area contributed by atoms with Crippen molar-refractivity contribution in [3.63, 3.8) is 0 Å². The summed E-state index contributed by atoms with van der Waals surface area (Å²) in [5, 5.41) is 9.89. The van der Waals surface area contributed by atoms with Crippen LogP contribution in [0.15, 0.2) is 30.5 Å². The Morgan fingerprint density at radius 1 is 1.29 bits per heavy atom. The van der Waals surface area contributed by atoms with Crippen molar-refractivity contribution >= 4 is 35.1 Å². The van der Waals surface area contributed by atoms with E-state index in [2.05, 4.69) is 25.9 Å². The summed E-state index contributed by atoms with van der Waals surface area (Å²) in [6.07, 6.45) is 4.98. The molecule has 2 saturated heterocycles. The predicted octanol–water partition coefficient (Wildman–Crippen LogP) is 2.77. The molecule has 31 heavy (non-hydrogen) atoms. The minimum atomic E-state index is -0.0529. The highest BCUT2D eigenvalue weighted by Crippen LogP contribution is 2.29. The monoisotopic (exact) mass is 442 g/mol. The number of rotatable bonds is 7. The Balaban J connectivity index is 1.42. The molecule has 164 valence electrons. The number of hydrogen-bond acceptors (Lipinski definition) is 6. The second-order valence-corrected chi connectivity index (χ2v) is 8.31. The Bertz CT molecular complexity index is 947. The third-order valence-corrected chi connectivity index (χ3v) is 5.96. The molecule has 0 bridgehead atoms. The van der Waals surface area contributed by atoms with Crippen LogP contribution in [-0.4, -0.2) is 59.4 Å². The van der Waals surface area contributed by atoms with Crippen LogP contribution in [0.3, 0.4) is 0 Å². The smallest absolute Gasteiger partial charge is 0.229 e. The Hall–Kier alpha value is -2.71. The lowest BCUT2D eigenvalue weighted by Crippen LogP contribution is -2.37.